The molecule has 36 heteroatoms. The number of nitro groups is 2. The van der Waals surface area contributed by atoms with E-state index in [0.717, 1.165) is 87.6 Å². The molecule has 3 atom stereocenters. The molecule has 6 heterocycles. The van der Waals surface area contributed by atoms with Crippen LogP contribution in [0.4, 0.5) is 68.0 Å². The Morgan fingerprint density at radius 2 is 1.46 bits per heavy atom. The summed E-state index contributed by atoms with van der Waals surface area (Å²) in [5.41, 5.74) is 27.9. The van der Waals surface area contributed by atoms with Crippen molar-refractivity contribution in [1.29, 1.82) is 0 Å². The average molecular weight is 1670 g/mol. The van der Waals surface area contributed by atoms with Gasteiger partial charge in [-0.2, -0.15) is 0 Å². The molecule has 112 heavy (non-hydrogen) atoms. The SMILES string of the molecule is CNc1ncnc(Sc2nc(N)nc3c2N=CC3)c1[N+](=O)[O-].Cc1cccc(NC(=O)CC2Sc3ccccc3NC2=O)c1C.Nc1ccccc1SC(C[N+](=O)[O-])c1ccc2c(c1)OCO2.Nc1nc2c(c(SCC(=O)c3ccc(Br)cc3)n1)CC=C2.O=C(Nc1ccc(NS(=O)[O-])cc1)Nc1cccc2ccccc12. The van der Waals surface area contributed by atoms with Crippen LogP contribution in [0.15, 0.2) is 223 Å². The van der Waals surface area contributed by atoms with E-state index in [4.69, 9.17) is 26.7 Å². The molecular weight excluding hydrogens is 1600 g/mol. The Morgan fingerprint density at radius 1 is 0.759 bits per heavy atom. The summed E-state index contributed by atoms with van der Waals surface area (Å²) < 4.78 is 34.9. The van der Waals surface area contributed by atoms with E-state index in [2.05, 4.69) is 82.1 Å². The third-order valence-corrected chi connectivity index (χ3v) is 22.1. The third kappa shape index (κ3) is 21.9. The van der Waals surface area contributed by atoms with E-state index in [1.807, 2.05) is 159 Å². The number of nitrogens with two attached hydrogens (primary N) is 3. The molecule has 11 aromatic rings. The lowest BCUT2D eigenvalue weighted by atomic mass is 10.1. The number of nitrogen functional groups attached to an aromatic ring is 3. The molecule has 3 aromatic heterocycles. The Labute approximate surface area is 668 Å². The summed E-state index contributed by atoms with van der Waals surface area (Å²) >= 11 is 6.23. The number of aliphatic imine (C=N–C) groups is 1. The Kier molecular flexibility index (Phi) is 27.8. The predicted molar refractivity (Wildman–Crippen MR) is 442 cm³/mol. The molecule has 0 saturated heterocycles. The number of carbonyl (C=O) groups excluding carboxylic acids is 4. The molecule has 30 nitrogen and oxygen atoms in total. The molecule has 12 N–H and O–H groups in total. The Hall–Kier alpha value is -12.1. The number of para-hydroxylation sites is 2. The van der Waals surface area contributed by atoms with Crippen molar-refractivity contribution in [3.05, 3.63) is 252 Å². The molecule has 3 unspecified atom stereocenters. The zero-order valence-corrected chi connectivity index (χ0v) is 65.2. The van der Waals surface area contributed by atoms with Gasteiger partial charge in [0.25, 0.3) is 0 Å². The fourth-order valence-corrected chi connectivity index (χ4v) is 15.8. The van der Waals surface area contributed by atoms with Gasteiger partial charge in [-0.3, -0.25) is 43.8 Å². The number of benzene rings is 8. The van der Waals surface area contributed by atoms with Gasteiger partial charge in [0.1, 0.15) is 22.1 Å². The Morgan fingerprint density at radius 3 is 2.23 bits per heavy atom. The van der Waals surface area contributed by atoms with Gasteiger partial charge in [-0.15, -0.1) is 23.5 Å². The summed E-state index contributed by atoms with van der Waals surface area (Å²) in [6.45, 7) is 3.96. The highest BCUT2D eigenvalue weighted by Crippen LogP contribution is 2.44. The molecule has 0 saturated carbocycles. The maximum atomic E-state index is 12.3. The van der Waals surface area contributed by atoms with Gasteiger partial charge in [-0.1, -0.05) is 125 Å². The van der Waals surface area contributed by atoms with Crippen LogP contribution in [0, 0.1) is 34.1 Å². The number of ether oxygens (including phenoxy) is 2. The molecule has 4 amide bonds. The summed E-state index contributed by atoms with van der Waals surface area (Å²) in [5, 5.41) is 38.9. The van der Waals surface area contributed by atoms with Crippen molar-refractivity contribution in [2.75, 3.05) is 74.6 Å². The van der Waals surface area contributed by atoms with Crippen LogP contribution in [0.25, 0.3) is 16.8 Å². The number of amides is 4. The standard InChI is InChI=1S/C18H18N2O2S.C17H15N3O3S.C15H12BrN3OS.C15H14N2O4S.C11H10N8O2S/c1-11-6-5-8-13(12(11)2)19-17(21)10-16-18(22)20-14-7-3-4-9-15(14)23-16;21-17(18-13-8-10-14(11-9-13)20-24(22)23)19-16-7-3-5-12-4-1-2-6-15(12)16;16-10-6-4-9(5-7-10)13(20)8-21-14-11-2-1-3-12(11)18-15(17)19-14;16-11-3-1-2-4-14(11)22-15(8-17(18)19)10-5-6-12-13(7-10)21-9-20-12;1-13-8-7(19(20)21)10(16-4-15-8)22-9-6-5(2-3-14-6)17-11(12)18-9/h3-9,16H,10H2,1-2H3,(H,19,21)(H,20,22);1-11,20H,(H,22,23)(H2,18,19,21);1,3-7H,2,8H2,(H2,17,18,19);1-7,15H,8-9,16H2;3-4H,2H2,1H3,(H2,12,17,18)(H,13,15,16)/p-1. The fourth-order valence-electron chi connectivity index (χ4n) is 11.0. The lowest BCUT2D eigenvalue weighted by Gasteiger charge is -2.23. The molecule has 0 fully saturated rings. The summed E-state index contributed by atoms with van der Waals surface area (Å²) in [5.74, 6) is 1.89. The topological polar surface area (TPSA) is 453 Å². The first kappa shape index (κ1) is 80.9. The number of aryl methyl sites for hydroxylation is 1. The molecule has 0 spiro atoms. The lowest BCUT2D eigenvalue weighted by molar-refractivity contribution is -0.479. The van der Waals surface area contributed by atoms with Crippen molar-refractivity contribution in [3.63, 3.8) is 0 Å². The number of hydrogen-bond acceptors (Lipinski definition) is 27. The molecule has 3 aliphatic heterocycles. The number of anilines is 9. The number of allylic oxidation sites excluding steroid dienone is 1. The number of halogens is 1. The number of urea groups is 1. The molecule has 0 radical (unpaired) electrons. The van der Waals surface area contributed by atoms with Gasteiger partial charge in [-0.05, 0) is 145 Å². The monoisotopic (exact) mass is 1660 g/mol. The Bertz CT molecular complexity index is 5440. The van der Waals surface area contributed by atoms with Gasteiger partial charge in [0, 0.05) is 95.8 Å². The van der Waals surface area contributed by atoms with Crippen LogP contribution >= 0.6 is 63.0 Å². The maximum Gasteiger partial charge on any atom is 0.343 e. The van der Waals surface area contributed by atoms with Crippen molar-refractivity contribution in [2.45, 2.75) is 68.5 Å². The first-order valence-corrected chi connectivity index (χ1v) is 39.2. The number of ketones is 1. The van der Waals surface area contributed by atoms with E-state index in [-0.39, 0.29) is 82.0 Å². The Balaban J connectivity index is 0.000000139. The van der Waals surface area contributed by atoms with Crippen molar-refractivity contribution in [2.24, 2.45) is 4.99 Å². The second-order valence-electron chi connectivity index (χ2n) is 24.1. The minimum Gasteiger partial charge on any atom is -0.755 e. The highest BCUT2D eigenvalue weighted by Gasteiger charge is 2.31. The zero-order chi connectivity index (χ0) is 79.4. The molecule has 4 aliphatic rings. The number of hydrogen-bond donors (Lipinski definition) is 9. The summed E-state index contributed by atoms with van der Waals surface area (Å²) in [6.07, 6.45) is 8.41. The highest BCUT2D eigenvalue weighted by atomic mass is 79.9. The number of thioether (sulfide) groups is 3. The van der Waals surface area contributed by atoms with Crippen molar-refractivity contribution in [1.82, 2.24) is 29.9 Å². The van der Waals surface area contributed by atoms with Gasteiger partial charge in [-0.25, -0.2) is 34.7 Å². The average Bonchev–Trinajstić information content (AvgIpc) is 1.52. The van der Waals surface area contributed by atoms with Crippen molar-refractivity contribution in [3.8, 4) is 11.5 Å². The van der Waals surface area contributed by atoms with Crippen LogP contribution < -0.4 is 58.0 Å². The highest BCUT2D eigenvalue weighted by molar-refractivity contribution is 9.10. The maximum absolute atomic E-state index is 12.3. The van der Waals surface area contributed by atoms with E-state index in [1.165, 1.54) is 41.6 Å². The van der Waals surface area contributed by atoms with Gasteiger partial charge < -0.3 is 62.5 Å². The van der Waals surface area contributed by atoms with E-state index in [9.17, 15) is 48.2 Å². The number of carbonyl (C=O) groups is 4. The molecule has 572 valence electrons. The number of aromatic nitrogens is 6. The number of fused-ring (bicyclic) bond motifs is 5. The second kappa shape index (κ2) is 38.5. The van der Waals surface area contributed by atoms with Crippen molar-refractivity contribution >= 4 is 184 Å². The van der Waals surface area contributed by atoms with Crippen LogP contribution in [-0.2, 0) is 33.7 Å². The van der Waals surface area contributed by atoms with Gasteiger partial charge >= 0.3 is 11.7 Å². The summed E-state index contributed by atoms with van der Waals surface area (Å²) in [7, 11) is 1.55. The van der Waals surface area contributed by atoms with Crippen LogP contribution in [0.1, 0.15) is 55.7 Å². The summed E-state index contributed by atoms with van der Waals surface area (Å²) in [4.78, 5) is 101. The number of nitrogens with one attached hydrogen (secondary N) is 6. The van der Waals surface area contributed by atoms with E-state index in [1.54, 1.807) is 55.7 Å². The predicted octanol–water partition coefficient (Wildman–Crippen LogP) is 15.1. The minimum atomic E-state index is -2.37. The molecule has 0 bridgehead atoms. The lowest BCUT2D eigenvalue weighted by Crippen LogP contribution is -2.32. The molecule has 15 rings (SSSR count). The quantitative estimate of drug-likeness (QED) is 0.00651. The normalized spacial score (nSPS) is 13.3. The van der Waals surface area contributed by atoms with Gasteiger partial charge in [0.2, 0.25) is 42.9 Å². The van der Waals surface area contributed by atoms with Gasteiger partial charge in [0.05, 0.1) is 43.9 Å². The van der Waals surface area contributed by atoms with E-state index >= 15 is 0 Å². The minimum absolute atomic E-state index is 0.0735. The molecular formula is C76H68BrN18O12S5-. The smallest absolute Gasteiger partial charge is 0.343 e. The van der Waals surface area contributed by atoms with Crippen LogP contribution in [0.3, 0.4) is 0 Å². The van der Waals surface area contributed by atoms with E-state index < -0.39 is 21.4 Å². The molecule has 8 aromatic carbocycles. The van der Waals surface area contributed by atoms with E-state index in [0.29, 0.717) is 68.4 Å². The molecule has 1 aliphatic carbocycles. The second-order valence-corrected chi connectivity index (χ2v) is 30.2. The van der Waals surface area contributed by atoms with Crippen LogP contribution in [-0.4, -0.2) is 110 Å². The number of nitrogens with zero attached hydrogens (tertiary/aromatic N) is 9. The first-order chi connectivity index (χ1) is 54.0. The van der Waals surface area contributed by atoms with Gasteiger partial charge in [0.15, 0.2) is 22.3 Å². The number of rotatable bonds is 20. The number of Topliss-reactive ketones (excluding diaryl/α,β-unsaturated/α-hetero) is 1. The van der Waals surface area contributed by atoms with Crippen LogP contribution in [0.2, 0.25) is 0 Å². The largest absolute Gasteiger partial charge is 0.755 e. The first-order valence-electron chi connectivity index (χ1n) is 33.8. The fraction of sp³-hybridized carbons (Fsp3) is 0.145. The third-order valence-electron chi connectivity index (χ3n) is 16.6. The summed E-state index contributed by atoms with van der Waals surface area (Å²) in [6, 6.07) is 52.9. The van der Waals surface area contributed by atoms with Crippen molar-refractivity contribution < 1.29 is 47.3 Å². The van der Waals surface area contributed by atoms with Crippen LogP contribution in [0.5, 0.6) is 11.5 Å². The zero-order valence-electron chi connectivity index (χ0n) is 59.5.